The van der Waals surface area contributed by atoms with E-state index in [1.807, 2.05) is 18.2 Å². The summed E-state index contributed by atoms with van der Waals surface area (Å²) in [4.78, 5) is 0. The van der Waals surface area contributed by atoms with Gasteiger partial charge in [0.2, 0.25) is 0 Å². The predicted molar refractivity (Wildman–Crippen MR) is 47.2 cm³/mol. The van der Waals surface area contributed by atoms with Gasteiger partial charge in [-0.3, -0.25) is 0 Å². The van der Waals surface area contributed by atoms with E-state index in [2.05, 4.69) is 6.07 Å². The van der Waals surface area contributed by atoms with Crippen molar-refractivity contribution in [3.05, 3.63) is 41.7 Å². The fourth-order valence-electron chi connectivity index (χ4n) is 0.815. The van der Waals surface area contributed by atoms with E-state index in [4.69, 9.17) is 10.00 Å². The lowest BCUT2D eigenvalue weighted by molar-refractivity contribution is 0.341. The van der Waals surface area contributed by atoms with Gasteiger partial charge in [-0.25, -0.2) is 0 Å². The summed E-state index contributed by atoms with van der Waals surface area (Å²) in [7, 11) is 1.60. The average molecular weight is 159 g/mol. The zero-order valence-electron chi connectivity index (χ0n) is 6.82. The minimum Gasteiger partial charge on any atom is -0.504 e. The van der Waals surface area contributed by atoms with Gasteiger partial charge >= 0.3 is 0 Å². The standard InChI is InChI=1S/C10H9NO/c1-12-7-6-9-2-4-10(8-11)5-3-9/h2-7H,1H3. The van der Waals surface area contributed by atoms with Gasteiger partial charge in [-0.1, -0.05) is 12.1 Å². The van der Waals surface area contributed by atoms with Gasteiger partial charge in [0.25, 0.3) is 0 Å². The van der Waals surface area contributed by atoms with Gasteiger partial charge < -0.3 is 4.74 Å². The van der Waals surface area contributed by atoms with E-state index in [-0.39, 0.29) is 0 Å². The number of nitriles is 1. The smallest absolute Gasteiger partial charge is 0.0991 e. The molecule has 2 nitrogen and oxygen atoms in total. The fraction of sp³-hybridized carbons (Fsp3) is 0.100. The first-order valence-electron chi connectivity index (χ1n) is 3.56. The second-order valence-electron chi connectivity index (χ2n) is 2.27. The number of benzene rings is 1. The zero-order valence-corrected chi connectivity index (χ0v) is 6.82. The van der Waals surface area contributed by atoms with Gasteiger partial charge in [-0.15, -0.1) is 0 Å². The molecule has 2 heteroatoms. The summed E-state index contributed by atoms with van der Waals surface area (Å²) < 4.78 is 4.76. The molecular formula is C10H9NO. The largest absolute Gasteiger partial charge is 0.504 e. The van der Waals surface area contributed by atoms with E-state index < -0.39 is 0 Å². The lowest BCUT2D eigenvalue weighted by Crippen LogP contribution is -1.75. The summed E-state index contributed by atoms with van der Waals surface area (Å²) in [6.07, 6.45) is 3.43. The van der Waals surface area contributed by atoms with Gasteiger partial charge in [0, 0.05) is 0 Å². The number of nitrogens with zero attached hydrogens (tertiary/aromatic N) is 1. The minimum atomic E-state index is 0.671. The lowest BCUT2D eigenvalue weighted by atomic mass is 10.1. The van der Waals surface area contributed by atoms with Crippen molar-refractivity contribution in [2.24, 2.45) is 0 Å². The maximum atomic E-state index is 8.51. The maximum Gasteiger partial charge on any atom is 0.0991 e. The van der Waals surface area contributed by atoms with Crippen molar-refractivity contribution in [3.8, 4) is 6.07 Å². The summed E-state index contributed by atoms with van der Waals surface area (Å²) in [5, 5.41) is 8.51. The van der Waals surface area contributed by atoms with E-state index in [9.17, 15) is 0 Å². The molecule has 1 aromatic rings. The molecule has 1 aromatic carbocycles. The van der Waals surface area contributed by atoms with Crippen LogP contribution in [-0.2, 0) is 4.74 Å². The Hall–Kier alpha value is -1.75. The zero-order chi connectivity index (χ0) is 8.81. The third kappa shape index (κ3) is 2.14. The van der Waals surface area contributed by atoms with Gasteiger partial charge in [-0.2, -0.15) is 5.26 Å². The third-order valence-corrected chi connectivity index (χ3v) is 1.44. The van der Waals surface area contributed by atoms with E-state index >= 15 is 0 Å². The van der Waals surface area contributed by atoms with Gasteiger partial charge in [-0.05, 0) is 23.8 Å². The Morgan fingerprint density at radius 3 is 2.50 bits per heavy atom. The topological polar surface area (TPSA) is 33.0 Å². The summed E-state index contributed by atoms with van der Waals surface area (Å²) in [6.45, 7) is 0. The van der Waals surface area contributed by atoms with Gasteiger partial charge in [0.15, 0.2) is 0 Å². The molecule has 0 aliphatic rings. The molecule has 0 saturated carbocycles. The molecule has 0 aliphatic heterocycles. The van der Waals surface area contributed by atoms with Crippen molar-refractivity contribution >= 4 is 6.08 Å². The van der Waals surface area contributed by atoms with E-state index in [1.54, 1.807) is 25.5 Å². The molecule has 0 atom stereocenters. The van der Waals surface area contributed by atoms with Crippen molar-refractivity contribution in [2.45, 2.75) is 0 Å². The number of hydrogen-bond donors (Lipinski definition) is 0. The van der Waals surface area contributed by atoms with Crippen LogP contribution in [0, 0.1) is 11.3 Å². The second-order valence-corrected chi connectivity index (χ2v) is 2.27. The molecule has 1 rings (SSSR count). The van der Waals surface area contributed by atoms with Gasteiger partial charge in [0.05, 0.1) is 25.0 Å². The van der Waals surface area contributed by atoms with E-state index in [0.717, 1.165) is 5.56 Å². The Labute approximate surface area is 71.7 Å². The molecule has 0 saturated heterocycles. The minimum absolute atomic E-state index is 0.671. The van der Waals surface area contributed by atoms with E-state index in [1.165, 1.54) is 0 Å². The van der Waals surface area contributed by atoms with Crippen LogP contribution in [0.5, 0.6) is 0 Å². The first-order valence-corrected chi connectivity index (χ1v) is 3.56. The molecule has 0 unspecified atom stereocenters. The Balaban J connectivity index is 2.80. The molecule has 0 radical (unpaired) electrons. The number of ether oxygens (including phenoxy) is 1. The van der Waals surface area contributed by atoms with Crippen molar-refractivity contribution < 1.29 is 4.74 Å². The van der Waals surface area contributed by atoms with Crippen LogP contribution in [-0.4, -0.2) is 7.11 Å². The van der Waals surface area contributed by atoms with Crippen LogP contribution in [0.25, 0.3) is 6.08 Å². The van der Waals surface area contributed by atoms with Gasteiger partial charge in [0.1, 0.15) is 0 Å². The Morgan fingerprint density at radius 2 is 2.00 bits per heavy atom. The first kappa shape index (κ1) is 8.35. The first-order chi connectivity index (χ1) is 5.86. The molecule has 0 N–H and O–H groups in total. The average Bonchev–Trinajstić information content (AvgIpc) is 2.15. The molecule has 0 spiro atoms. The normalized spacial score (nSPS) is 9.67. The second kappa shape index (κ2) is 4.20. The Morgan fingerprint density at radius 1 is 1.33 bits per heavy atom. The molecule has 60 valence electrons. The maximum absolute atomic E-state index is 8.51. The highest BCUT2D eigenvalue weighted by Gasteiger charge is 1.88. The van der Waals surface area contributed by atoms with Crippen LogP contribution in [0.1, 0.15) is 11.1 Å². The fourth-order valence-corrected chi connectivity index (χ4v) is 0.815. The molecule has 0 amide bonds. The lowest BCUT2D eigenvalue weighted by Gasteiger charge is -1.92. The highest BCUT2D eigenvalue weighted by atomic mass is 16.5. The third-order valence-electron chi connectivity index (χ3n) is 1.44. The summed E-state index contributed by atoms with van der Waals surface area (Å²) in [5.41, 5.74) is 1.69. The monoisotopic (exact) mass is 159 g/mol. The van der Waals surface area contributed by atoms with Crippen LogP contribution in [0.2, 0.25) is 0 Å². The summed E-state index contributed by atoms with van der Waals surface area (Å²) in [5.74, 6) is 0. The van der Waals surface area contributed by atoms with Crippen LogP contribution in [0.15, 0.2) is 30.5 Å². The number of rotatable bonds is 2. The predicted octanol–water partition coefficient (Wildman–Crippen LogP) is 2.18. The van der Waals surface area contributed by atoms with Crippen molar-refractivity contribution in [1.29, 1.82) is 5.26 Å². The highest BCUT2D eigenvalue weighted by Crippen LogP contribution is 2.04. The molecule has 0 bridgehead atoms. The highest BCUT2D eigenvalue weighted by molar-refractivity contribution is 5.49. The van der Waals surface area contributed by atoms with Crippen molar-refractivity contribution in [2.75, 3.05) is 7.11 Å². The Kier molecular flexibility index (Phi) is 2.92. The molecule has 0 heterocycles. The molecule has 12 heavy (non-hydrogen) atoms. The molecule has 0 fully saturated rings. The van der Waals surface area contributed by atoms with Crippen LogP contribution < -0.4 is 0 Å². The van der Waals surface area contributed by atoms with E-state index in [0.29, 0.717) is 5.56 Å². The number of methoxy groups -OCH3 is 1. The summed E-state index contributed by atoms with van der Waals surface area (Å²) >= 11 is 0. The van der Waals surface area contributed by atoms with Crippen LogP contribution in [0.4, 0.5) is 0 Å². The molecular weight excluding hydrogens is 150 g/mol. The molecule has 0 aromatic heterocycles. The summed E-state index contributed by atoms with van der Waals surface area (Å²) in [6, 6.07) is 9.34. The quantitative estimate of drug-likeness (QED) is 0.619. The van der Waals surface area contributed by atoms with Crippen molar-refractivity contribution in [1.82, 2.24) is 0 Å². The molecule has 0 aliphatic carbocycles. The Bertz CT molecular complexity index is 306. The number of hydrogen-bond acceptors (Lipinski definition) is 2. The van der Waals surface area contributed by atoms with Crippen LogP contribution >= 0.6 is 0 Å². The SMILES string of the molecule is COC=Cc1ccc(C#N)cc1. The van der Waals surface area contributed by atoms with Crippen molar-refractivity contribution in [3.63, 3.8) is 0 Å². The van der Waals surface area contributed by atoms with Crippen LogP contribution in [0.3, 0.4) is 0 Å².